The Morgan fingerprint density at radius 3 is 2.85 bits per heavy atom. The molecular formula is C15H15BrN2O2. The van der Waals surface area contributed by atoms with Gasteiger partial charge in [-0.15, -0.1) is 0 Å². The Morgan fingerprint density at radius 2 is 2.15 bits per heavy atom. The molecular weight excluding hydrogens is 320 g/mol. The smallest absolute Gasteiger partial charge is 0.306 e. The Bertz CT molecular complexity index is 644. The van der Waals surface area contributed by atoms with Gasteiger partial charge in [0.2, 0.25) is 0 Å². The van der Waals surface area contributed by atoms with Crippen molar-refractivity contribution in [3.8, 4) is 11.3 Å². The Hall–Kier alpha value is -1.75. The van der Waals surface area contributed by atoms with Crippen molar-refractivity contribution in [1.82, 2.24) is 9.97 Å². The van der Waals surface area contributed by atoms with Crippen molar-refractivity contribution in [2.75, 3.05) is 0 Å². The van der Waals surface area contributed by atoms with Gasteiger partial charge in [-0.3, -0.25) is 4.79 Å². The predicted octanol–water partition coefficient (Wildman–Crippen LogP) is 3.48. The minimum atomic E-state index is -0.836. The van der Waals surface area contributed by atoms with Crippen LogP contribution < -0.4 is 0 Å². The van der Waals surface area contributed by atoms with Gasteiger partial charge in [-0.05, 0) is 30.7 Å². The molecule has 0 aliphatic heterocycles. The molecule has 0 aliphatic carbocycles. The Morgan fingerprint density at radius 1 is 1.40 bits per heavy atom. The lowest BCUT2D eigenvalue weighted by molar-refractivity contribution is -0.141. The predicted molar refractivity (Wildman–Crippen MR) is 80.4 cm³/mol. The van der Waals surface area contributed by atoms with Crippen LogP contribution in [0.1, 0.15) is 18.3 Å². The fourth-order valence-corrected chi connectivity index (χ4v) is 2.24. The standard InChI is InChI=1S/C15H15BrN2O2/c1-9-3-4-11(16)8-12(9)13-5-6-17-14(18-13)7-10(2)15(19)20/h3-6,8,10H,7H2,1-2H3,(H,19,20). The van der Waals surface area contributed by atoms with E-state index in [9.17, 15) is 4.79 Å². The number of aliphatic carboxylic acids is 1. The van der Waals surface area contributed by atoms with Gasteiger partial charge in [-0.1, -0.05) is 28.9 Å². The third-order valence-electron chi connectivity index (χ3n) is 3.09. The molecule has 1 N–H and O–H groups in total. The lowest BCUT2D eigenvalue weighted by Gasteiger charge is -2.09. The molecule has 5 heteroatoms. The number of aryl methyl sites for hydroxylation is 1. The largest absolute Gasteiger partial charge is 0.481 e. The first-order chi connectivity index (χ1) is 9.47. The lowest BCUT2D eigenvalue weighted by atomic mass is 10.0. The van der Waals surface area contributed by atoms with Gasteiger partial charge in [-0.2, -0.15) is 0 Å². The van der Waals surface area contributed by atoms with Crippen molar-refractivity contribution in [2.24, 2.45) is 5.92 Å². The molecule has 0 amide bonds. The number of benzene rings is 1. The van der Waals surface area contributed by atoms with Crippen LogP contribution >= 0.6 is 15.9 Å². The molecule has 0 spiro atoms. The first-order valence-corrected chi connectivity index (χ1v) is 7.08. The maximum Gasteiger partial charge on any atom is 0.306 e. The van der Waals surface area contributed by atoms with Gasteiger partial charge in [0.1, 0.15) is 5.82 Å². The number of carboxylic acids is 1. The molecule has 0 saturated heterocycles. The van der Waals surface area contributed by atoms with Crippen molar-refractivity contribution in [1.29, 1.82) is 0 Å². The molecule has 1 aromatic carbocycles. The van der Waals surface area contributed by atoms with E-state index in [2.05, 4.69) is 25.9 Å². The summed E-state index contributed by atoms with van der Waals surface area (Å²) in [5, 5.41) is 8.95. The SMILES string of the molecule is Cc1ccc(Br)cc1-c1ccnc(CC(C)C(=O)O)n1. The van der Waals surface area contributed by atoms with Crippen LogP contribution in [0, 0.1) is 12.8 Å². The normalized spacial score (nSPS) is 12.2. The van der Waals surface area contributed by atoms with Gasteiger partial charge in [0.25, 0.3) is 0 Å². The number of hydrogen-bond acceptors (Lipinski definition) is 3. The monoisotopic (exact) mass is 334 g/mol. The van der Waals surface area contributed by atoms with Gasteiger partial charge in [0.05, 0.1) is 11.6 Å². The van der Waals surface area contributed by atoms with Crippen molar-refractivity contribution in [2.45, 2.75) is 20.3 Å². The molecule has 0 aliphatic rings. The molecule has 1 unspecified atom stereocenters. The molecule has 4 nitrogen and oxygen atoms in total. The van der Waals surface area contributed by atoms with Crippen LogP contribution in [0.4, 0.5) is 0 Å². The van der Waals surface area contributed by atoms with Gasteiger partial charge in [0.15, 0.2) is 0 Å². The third-order valence-corrected chi connectivity index (χ3v) is 3.58. The van der Waals surface area contributed by atoms with Gasteiger partial charge in [0, 0.05) is 22.7 Å². The van der Waals surface area contributed by atoms with E-state index < -0.39 is 11.9 Å². The van der Waals surface area contributed by atoms with Crippen LogP contribution in [0.25, 0.3) is 11.3 Å². The van der Waals surface area contributed by atoms with Crippen molar-refractivity contribution >= 4 is 21.9 Å². The zero-order chi connectivity index (χ0) is 14.7. The molecule has 0 fully saturated rings. The Labute approximate surface area is 126 Å². The molecule has 0 bridgehead atoms. The average Bonchev–Trinajstić information content (AvgIpc) is 2.41. The van der Waals surface area contributed by atoms with E-state index in [1.54, 1.807) is 13.1 Å². The second kappa shape index (κ2) is 6.13. The van der Waals surface area contributed by atoms with E-state index in [0.717, 1.165) is 21.3 Å². The number of carbonyl (C=O) groups is 1. The summed E-state index contributed by atoms with van der Waals surface area (Å²) in [4.78, 5) is 19.5. The summed E-state index contributed by atoms with van der Waals surface area (Å²) < 4.78 is 0.983. The van der Waals surface area contributed by atoms with E-state index >= 15 is 0 Å². The Balaban J connectivity index is 2.34. The first kappa shape index (κ1) is 14.7. The molecule has 104 valence electrons. The van der Waals surface area contributed by atoms with E-state index in [0.29, 0.717) is 12.2 Å². The number of aromatic nitrogens is 2. The molecule has 1 atom stereocenters. The maximum atomic E-state index is 10.9. The van der Waals surface area contributed by atoms with E-state index in [4.69, 9.17) is 5.11 Å². The van der Waals surface area contributed by atoms with Gasteiger partial charge >= 0.3 is 5.97 Å². The minimum absolute atomic E-state index is 0.330. The summed E-state index contributed by atoms with van der Waals surface area (Å²) in [6.07, 6.45) is 2.00. The van der Waals surface area contributed by atoms with Crippen molar-refractivity contribution in [3.63, 3.8) is 0 Å². The molecule has 2 aromatic rings. The van der Waals surface area contributed by atoms with E-state index in [1.807, 2.05) is 31.2 Å². The lowest BCUT2D eigenvalue weighted by Crippen LogP contribution is -2.14. The van der Waals surface area contributed by atoms with E-state index in [1.165, 1.54) is 0 Å². The summed E-state index contributed by atoms with van der Waals surface area (Å²) in [5.74, 6) is -0.775. The van der Waals surface area contributed by atoms with Crippen molar-refractivity contribution in [3.05, 3.63) is 46.3 Å². The molecule has 0 radical (unpaired) electrons. The third kappa shape index (κ3) is 3.42. The average molecular weight is 335 g/mol. The number of nitrogens with zero attached hydrogens (tertiary/aromatic N) is 2. The number of carboxylic acid groups (broad SMARTS) is 1. The molecule has 1 heterocycles. The molecule has 1 aromatic heterocycles. The van der Waals surface area contributed by atoms with Crippen LogP contribution in [0.15, 0.2) is 34.9 Å². The number of hydrogen-bond donors (Lipinski definition) is 1. The summed E-state index contributed by atoms with van der Waals surface area (Å²) in [6.45, 7) is 3.67. The Kier molecular flexibility index (Phi) is 4.49. The highest BCUT2D eigenvalue weighted by Crippen LogP contribution is 2.25. The second-order valence-electron chi connectivity index (χ2n) is 4.76. The van der Waals surface area contributed by atoms with Crippen molar-refractivity contribution < 1.29 is 9.90 Å². The highest BCUT2D eigenvalue weighted by atomic mass is 79.9. The highest BCUT2D eigenvalue weighted by Gasteiger charge is 2.14. The van der Waals surface area contributed by atoms with Crippen LogP contribution in [-0.4, -0.2) is 21.0 Å². The fourth-order valence-electron chi connectivity index (χ4n) is 1.88. The zero-order valence-electron chi connectivity index (χ0n) is 11.3. The van der Waals surface area contributed by atoms with Crippen LogP contribution in [0.3, 0.4) is 0 Å². The first-order valence-electron chi connectivity index (χ1n) is 6.28. The quantitative estimate of drug-likeness (QED) is 0.929. The fraction of sp³-hybridized carbons (Fsp3) is 0.267. The summed E-state index contributed by atoms with van der Waals surface area (Å²) >= 11 is 3.45. The van der Waals surface area contributed by atoms with Crippen LogP contribution in [0.2, 0.25) is 0 Å². The summed E-state index contributed by atoms with van der Waals surface area (Å²) in [6, 6.07) is 7.83. The second-order valence-corrected chi connectivity index (χ2v) is 5.68. The molecule has 0 saturated carbocycles. The summed E-state index contributed by atoms with van der Waals surface area (Å²) in [5.41, 5.74) is 2.95. The molecule has 20 heavy (non-hydrogen) atoms. The van der Waals surface area contributed by atoms with Crippen LogP contribution in [0.5, 0.6) is 0 Å². The van der Waals surface area contributed by atoms with E-state index in [-0.39, 0.29) is 0 Å². The summed E-state index contributed by atoms with van der Waals surface area (Å²) in [7, 11) is 0. The zero-order valence-corrected chi connectivity index (χ0v) is 12.9. The number of rotatable bonds is 4. The topological polar surface area (TPSA) is 63.1 Å². The highest BCUT2D eigenvalue weighted by molar-refractivity contribution is 9.10. The molecule has 2 rings (SSSR count). The minimum Gasteiger partial charge on any atom is -0.481 e. The van der Waals surface area contributed by atoms with Gasteiger partial charge in [-0.25, -0.2) is 9.97 Å². The number of halogens is 1. The maximum absolute atomic E-state index is 10.9. The van der Waals surface area contributed by atoms with Gasteiger partial charge < -0.3 is 5.11 Å². The van der Waals surface area contributed by atoms with Crippen LogP contribution in [-0.2, 0) is 11.2 Å².